The summed E-state index contributed by atoms with van der Waals surface area (Å²) >= 11 is 0. The summed E-state index contributed by atoms with van der Waals surface area (Å²) in [6.07, 6.45) is -1.37. The van der Waals surface area contributed by atoms with Crippen molar-refractivity contribution in [2.45, 2.75) is 6.18 Å². The van der Waals surface area contributed by atoms with Crippen LogP contribution >= 0.6 is 0 Å². The number of halogens is 3. The maximum Gasteiger partial charge on any atom is 0.434 e. The molecule has 0 saturated heterocycles. The van der Waals surface area contributed by atoms with Crippen molar-refractivity contribution < 1.29 is 13.2 Å². The minimum Gasteiger partial charge on any atom is -0.316 e. The average Bonchev–Trinajstić information content (AvgIpc) is 2.19. The zero-order valence-electron chi connectivity index (χ0n) is 8.43. The van der Waals surface area contributed by atoms with E-state index in [0.717, 1.165) is 12.4 Å². The number of hydrogen-bond donors (Lipinski definition) is 2. The number of hydrogen-bond acceptors (Lipinski definition) is 3. The van der Waals surface area contributed by atoms with Gasteiger partial charge in [0.15, 0.2) is 5.69 Å². The summed E-state index contributed by atoms with van der Waals surface area (Å²) in [5, 5.41) is 2.71. The molecule has 0 fully saturated rings. The summed E-state index contributed by atoms with van der Waals surface area (Å²) in [5.74, 6) is 0. The highest BCUT2D eigenvalue weighted by molar-refractivity contribution is 5.51. The van der Waals surface area contributed by atoms with Crippen LogP contribution in [0, 0.1) is 0 Å². The monoisotopic (exact) mass is 233 g/mol. The first-order chi connectivity index (χ1) is 7.46. The second-order valence-electron chi connectivity index (χ2n) is 2.95. The molecule has 0 unspecified atom stereocenters. The largest absolute Gasteiger partial charge is 0.434 e. The van der Waals surface area contributed by atoms with Crippen molar-refractivity contribution in [1.29, 1.82) is 0 Å². The molecule has 7 heteroatoms. The van der Waals surface area contributed by atoms with E-state index in [1.807, 2.05) is 0 Å². The predicted molar refractivity (Wildman–Crippen MR) is 52.8 cm³/mol. The Morgan fingerprint density at radius 2 is 2.25 bits per heavy atom. The third-order valence-electron chi connectivity index (χ3n) is 1.76. The number of aromatic amines is 1. The van der Waals surface area contributed by atoms with Gasteiger partial charge < -0.3 is 10.3 Å². The number of aromatic nitrogens is 2. The number of likely N-dealkylation sites (N-methyl/N-ethyl adjacent to an activating group) is 1. The molecule has 0 aromatic carbocycles. The van der Waals surface area contributed by atoms with Crippen LogP contribution in [0.25, 0.3) is 6.08 Å². The molecule has 1 aromatic heterocycles. The smallest absolute Gasteiger partial charge is 0.316 e. The van der Waals surface area contributed by atoms with E-state index in [1.165, 1.54) is 6.08 Å². The topological polar surface area (TPSA) is 57.8 Å². The van der Waals surface area contributed by atoms with Gasteiger partial charge in [-0.1, -0.05) is 6.08 Å². The summed E-state index contributed by atoms with van der Waals surface area (Å²) in [7, 11) is 1.64. The van der Waals surface area contributed by atoms with Crippen LogP contribution in [-0.4, -0.2) is 23.6 Å². The first kappa shape index (κ1) is 12.4. The van der Waals surface area contributed by atoms with Crippen LogP contribution in [0.2, 0.25) is 0 Å². The lowest BCUT2D eigenvalue weighted by Gasteiger charge is -2.07. The fourth-order valence-corrected chi connectivity index (χ4v) is 1.09. The van der Waals surface area contributed by atoms with Crippen molar-refractivity contribution >= 4 is 6.08 Å². The van der Waals surface area contributed by atoms with Gasteiger partial charge in [0, 0.05) is 6.54 Å². The zero-order valence-corrected chi connectivity index (χ0v) is 8.43. The highest BCUT2D eigenvalue weighted by atomic mass is 19.4. The SMILES string of the molecule is CNCC=Cc1c(C(F)(F)F)nc[nH]c1=O. The Balaban J connectivity index is 3.20. The van der Waals surface area contributed by atoms with Gasteiger partial charge in [0.25, 0.3) is 5.56 Å². The van der Waals surface area contributed by atoms with Crippen molar-refractivity contribution in [3.8, 4) is 0 Å². The molecule has 0 aliphatic rings. The Kier molecular flexibility index (Phi) is 3.83. The molecule has 0 aliphatic carbocycles. The second kappa shape index (κ2) is 4.93. The second-order valence-corrected chi connectivity index (χ2v) is 2.95. The lowest BCUT2D eigenvalue weighted by Crippen LogP contribution is -2.20. The van der Waals surface area contributed by atoms with Gasteiger partial charge in [0.05, 0.1) is 11.9 Å². The Hall–Kier alpha value is -1.63. The minimum atomic E-state index is -4.63. The number of nitrogens with zero attached hydrogens (tertiary/aromatic N) is 1. The predicted octanol–water partition coefficient (Wildman–Crippen LogP) is 1.02. The van der Waals surface area contributed by atoms with Gasteiger partial charge in [-0.2, -0.15) is 13.2 Å². The first-order valence-electron chi connectivity index (χ1n) is 4.43. The summed E-state index contributed by atoms with van der Waals surface area (Å²) in [5.41, 5.74) is -2.47. The molecule has 0 bridgehead atoms. The molecule has 88 valence electrons. The van der Waals surface area contributed by atoms with E-state index in [1.54, 1.807) is 7.05 Å². The highest BCUT2D eigenvalue weighted by Gasteiger charge is 2.35. The van der Waals surface area contributed by atoms with Crippen molar-refractivity contribution in [1.82, 2.24) is 15.3 Å². The maximum absolute atomic E-state index is 12.5. The third kappa shape index (κ3) is 2.93. The molecule has 0 radical (unpaired) electrons. The van der Waals surface area contributed by atoms with E-state index in [4.69, 9.17) is 0 Å². The molecule has 0 atom stereocenters. The molecule has 4 nitrogen and oxygen atoms in total. The molecule has 2 N–H and O–H groups in total. The van der Waals surface area contributed by atoms with Crippen molar-refractivity contribution in [2.75, 3.05) is 13.6 Å². The van der Waals surface area contributed by atoms with Crippen LogP contribution in [0.5, 0.6) is 0 Å². The van der Waals surface area contributed by atoms with Crippen LogP contribution < -0.4 is 10.9 Å². The van der Waals surface area contributed by atoms with Crippen LogP contribution in [0.15, 0.2) is 17.2 Å². The van der Waals surface area contributed by atoms with E-state index in [-0.39, 0.29) is 0 Å². The van der Waals surface area contributed by atoms with E-state index in [9.17, 15) is 18.0 Å². The molecule has 1 aromatic rings. The molecule has 1 heterocycles. The fraction of sp³-hybridized carbons (Fsp3) is 0.333. The van der Waals surface area contributed by atoms with Crippen LogP contribution in [-0.2, 0) is 6.18 Å². The van der Waals surface area contributed by atoms with Gasteiger partial charge in [0.2, 0.25) is 0 Å². The van der Waals surface area contributed by atoms with Crippen LogP contribution in [0.1, 0.15) is 11.3 Å². The van der Waals surface area contributed by atoms with Gasteiger partial charge >= 0.3 is 6.18 Å². The highest BCUT2D eigenvalue weighted by Crippen LogP contribution is 2.28. The van der Waals surface area contributed by atoms with E-state index >= 15 is 0 Å². The van der Waals surface area contributed by atoms with Gasteiger partial charge in [-0.15, -0.1) is 0 Å². The Bertz CT molecular complexity index is 436. The Morgan fingerprint density at radius 3 is 2.81 bits per heavy atom. The number of alkyl halides is 3. The van der Waals surface area contributed by atoms with Crippen LogP contribution in [0.4, 0.5) is 13.2 Å². The molecule has 0 aliphatic heterocycles. The van der Waals surface area contributed by atoms with E-state index in [2.05, 4.69) is 15.3 Å². The quantitative estimate of drug-likeness (QED) is 0.819. The molecular weight excluding hydrogens is 223 g/mol. The fourth-order valence-electron chi connectivity index (χ4n) is 1.09. The Labute approximate surface area is 89.2 Å². The standard InChI is InChI=1S/C9H10F3N3O/c1-13-4-2-3-6-7(9(10,11)12)14-5-15-8(6)16/h2-3,5,13H,4H2,1H3,(H,14,15,16). The summed E-state index contributed by atoms with van der Waals surface area (Å²) in [6.45, 7) is 0.367. The summed E-state index contributed by atoms with van der Waals surface area (Å²) in [4.78, 5) is 16.5. The molecule has 0 amide bonds. The van der Waals surface area contributed by atoms with Gasteiger partial charge in [-0.05, 0) is 13.1 Å². The maximum atomic E-state index is 12.5. The molecule has 16 heavy (non-hydrogen) atoms. The average molecular weight is 233 g/mol. The van der Waals surface area contributed by atoms with Crippen molar-refractivity contribution in [2.24, 2.45) is 0 Å². The van der Waals surface area contributed by atoms with Gasteiger partial charge in [-0.3, -0.25) is 4.79 Å². The van der Waals surface area contributed by atoms with Crippen molar-refractivity contribution in [3.63, 3.8) is 0 Å². The number of H-pyrrole nitrogens is 1. The third-order valence-corrected chi connectivity index (χ3v) is 1.76. The molecule has 1 rings (SSSR count). The molecule has 0 saturated carbocycles. The molecular formula is C9H10F3N3O. The van der Waals surface area contributed by atoms with E-state index in [0.29, 0.717) is 6.54 Å². The minimum absolute atomic E-state index is 0.367. The zero-order chi connectivity index (χ0) is 12.2. The number of nitrogens with one attached hydrogen (secondary N) is 2. The normalized spacial score (nSPS) is 12.2. The lowest BCUT2D eigenvalue weighted by molar-refractivity contribution is -0.141. The van der Waals surface area contributed by atoms with Crippen LogP contribution in [0.3, 0.4) is 0 Å². The Morgan fingerprint density at radius 1 is 1.56 bits per heavy atom. The lowest BCUT2D eigenvalue weighted by atomic mass is 10.2. The number of rotatable bonds is 3. The van der Waals surface area contributed by atoms with Crippen molar-refractivity contribution in [3.05, 3.63) is 34.0 Å². The first-order valence-corrected chi connectivity index (χ1v) is 4.43. The van der Waals surface area contributed by atoms with E-state index < -0.39 is 23.0 Å². The summed E-state index contributed by atoms with van der Waals surface area (Å²) in [6, 6.07) is 0. The molecule has 0 spiro atoms. The van der Waals surface area contributed by atoms with Gasteiger partial charge in [0.1, 0.15) is 0 Å². The summed E-state index contributed by atoms with van der Waals surface area (Å²) < 4.78 is 37.4. The van der Waals surface area contributed by atoms with Gasteiger partial charge in [-0.25, -0.2) is 4.98 Å².